The van der Waals surface area contributed by atoms with Crippen LogP contribution in [0.1, 0.15) is 35.3 Å². The Kier molecular flexibility index (Phi) is 7.05. The molecule has 0 bridgehead atoms. The Labute approximate surface area is 99.8 Å². The van der Waals surface area contributed by atoms with Crippen molar-refractivity contribution < 1.29 is 9.53 Å². The lowest BCUT2D eigenvalue weighted by molar-refractivity contribution is 0.0599. The van der Waals surface area contributed by atoms with Gasteiger partial charge >= 0.3 is 5.97 Å². The quantitative estimate of drug-likeness (QED) is 0.606. The molecule has 0 aliphatic heterocycles. The second-order valence-electron chi connectivity index (χ2n) is 2.73. The van der Waals surface area contributed by atoms with Gasteiger partial charge in [0.15, 0.2) is 0 Å². The molecule has 0 fully saturated rings. The molecule has 0 amide bonds. The van der Waals surface area contributed by atoms with E-state index in [9.17, 15) is 4.79 Å². The Hall–Kier alpha value is -0.830. The van der Waals surface area contributed by atoms with Gasteiger partial charge in [0.05, 0.1) is 12.7 Å². The zero-order valence-corrected chi connectivity index (χ0v) is 11.2. The van der Waals surface area contributed by atoms with Crippen molar-refractivity contribution in [2.24, 2.45) is 0 Å². The van der Waals surface area contributed by atoms with Crippen LogP contribution >= 0.6 is 15.9 Å². The zero-order chi connectivity index (χ0) is 11.8. The molecule has 1 aromatic rings. The predicted octanol–water partition coefficient (Wildman–Crippen LogP) is 3.70. The van der Waals surface area contributed by atoms with Gasteiger partial charge < -0.3 is 4.74 Å². The van der Waals surface area contributed by atoms with E-state index in [2.05, 4.69) is 15.9 Å². The molecular formula is C12H17BrO2. The number of halogens is 1. The highest BCUT2D eigenvalue weighted by atomic mass is 79.9. The number of esters is 1. The maximum absolute atomic E-state index is 11.4. The van der Waals surface area contributed by atoms with E-state index in [0.717, 1.165) is 11.1 Å². The van der Waals surface area contributed by atoms with Crippen LogP contribution in [0.25, 0.3) is 0 Å². The van der Waals surface area contributed by atoms with Crippen LogP contribution in [0.4, 0.5) is 0 Å². The summed E-state index contributed by atoms with van der Waals surface area (Å²) < 4.78 is 4.70. The Bertz CT molecular complexity index is 321. The van der Waals surface area contributed by atoms with Crippen LogP contribution in [-0.2, 0) is 10.1 Å². The molecular weight excluding hydrogens is 256 g/mol. The van der Waals surface area contributed by atoms with Crippen molar-refractivity contribution in [3.63, 3.8) is 0 Å². The monoisotopic (exact) mass is 272 g/mol. The first kappa shape index (κ1) is 14.2. The first-order valence-electron chi connectivity index (χ1n) is 4.93. The minimum atomic E-state index is -0.271. The minimum Gasteiger partial charge on any atom is -0.465 e. The van der Waals surface area contributed by atoms with E-state index in [1.54, 1.807) is 0 Å². The lowest BCUT2D eigenvalue weighted by atomic mass is 10.0. The molecule has 0 atom stereocenters. The Morgan fingerprint density at radius 1 is 1.40 bits per heavy atom. The number of alkyl halides is 1. The summed E-state index contributed by atoms with van der Waals surface area (Å²) in [4.78, 5) is 11.4. The standard InChI is InChI=1S/C10H11BrO2.C2H6/c1-7-4-3-5-8(6-11)9(7)10(12)13-2;1-2/h3-5H,6H2,1-2H3;1-2H3. The van der Waals surface area contributed by atoms with Gasteiger partial charge in [-0.15, -0.1) is 0 Å². The van der Waals surface area contributed by atoms with Gasteiger partial charge in [0.25, 0.3) is 0 Å². The van der Waals surface area contributed by atoms with Gasteiger partial charge in [-0.1, -0.05) is 48.0 Å². The number of aryl methyl sites for hydroxylation is 1. The summed E-state index contributed by atoms with van der Waals surface area (Å²) in [5.41, 5.74) is 2.58. The zero-order valence-electron chi connectivity index (χ0n) is 9.63. The molecule has 2 nitrogen and oxygen atoms in total. The van der Waals surface area contributed by atoms with Crippen LogP contribution in [0.5, 0.6) is 0 Å². The molecule has 0 saturated heterocycles. The highest BCUT2D eigenvalue weighted by Gasteiger charge is 2.12. The molecule has 15 heavy (non-hydrogen) atoms. The predicted molar refractivity (Wildman–Crippen MR) is 66.5 cm³/mol. The van der Waals surface area contributed by atoms with Crippen molar-refractivity contribution in [2.75, 3.05) is 7.11 Å². The third-order valence-electron chi connectivity index (χ3n) is 1.89. The highest BCUT2D eigenvalue weighted by Crippen LogP contribution is 2.17. The summed E-state index contributed by atoms with van der Waals surface area (Å²) >= 11 is 3.33. The van der Waals surface area contributed by atoms with Crippen LogP contribution < -0.4 is 0 Å². The number of benzene rings is 1. The van der Waals surface area contributed by atoms with Crippen LogP contribution in [0.3, 0.4) is 0 Å². The number of carbonyl (C=O) groups excluding carboxylic acids is 1. The fourth-order valence-electron chi connectivity index (χ4n) is 1.23. The molecule has 0 aromatic heterocycles. The SMILES string of the molecule is CC.COC(=O)c1c(C)cccc1CBr. The van der Waals surface area contributed by atoms with E-state index in [-0.39, 0.29) is 5.97 Å². The van der Waals surface area contributed by atoms with Gasteiger partial charge in [0.1, 0.15) is 0 Å². The highest BCUT2D eigenvalue weighted by molar-refractivity contribution is 9.08. The van der Waals surface area contributed by atoms with Crippen molar-refractivity contribution in [1.82, 2.24) is 0 Å². The van der Waals surface area contributed by atoms with Gasteiger partial charge in [-0.05, 0) is 18.1 Å². The third kappa shape index (κ3) is 3.67. The van der Waals surface area contributed by atoms with E-state index in [0.29, 0.717) is 10.9 Å². The van der Waals surface area contributed by atoms with Crippen molar-refractivity contribution >= 4 is 21.9 Å². The first-order chi connectivity index (χ1) is 7.20. The summed E-state index contributed by atoms with van der Waals surface area (Å²) in [6.07, 6.45) is 0. The molecule has 84 valence electrons. The lowest BCUT2D eigenvalue weighted by Crippen LogP contribution is -2.07. The number of hydrogen-bond donors (Lipinski definition) is 0. The van der Waals surface area contributed by atoms with Crippen molar-refractivity contribution in [3.05, 3.63) is 34.9 Å². The summed E-state index contributed by atoms with van der Waals surface area (Å²) in [6.45, 7) is 5.90. The van der Waals surface area contributed by atoms with Crippen LogP contribution in [0, 0.1) is 6.92 Å². The Morgan fingerprint density at radius 3 is 2.47 bits per heavy atom. The first-order valence-corrected chi connectivity index (χ1v) is 6.05. The van der Waals surface area contributed by atoms with E-state index in [1.165, 1.54) is 7.11 Å². The molecule has 0 radical (unpaired) electrons. The van der Waals surface area contributed by atoms with Gasteiger partial charge in [-0.2, -0.15) is 0 Å². The molecule has 0 saturated carbocycles. The number of ether oxygens (including phenoxy) is 1. The molecule has 1 rings (SSSR count). The van der Waals surface area contributed by atoms with Crippen LogP contribution in [0.2, 0.25) is 0 Å². The topological polar surface area (TPSA) is 26.3 Å². The Balaban J connectivity index is 0.000000921. The minimum absolute atomic E-state index is 0.271. The average molecular weight is 273 g/mol. The molecule has 0 aliphatic carbocycles. The van der Waals surface area contributed by atoms with Gasteiger partial charge in [-0.25, -0.2) is 4.79 Å². The number of methoxy groups -OCH3 is 1. The van der Waals surface area contributed by atoms with Crippen LogP contribution in [-0.4, -0.2) is 13.1 Å². The summed E-state index contributed by atoms with van der Waals surface area (Å²) in [5.74, 6) is -0.271. The molecule has 3 heteroatoms. The smallest absolute Gasteiger partial charge is 0.338 e. The van der Waals surface area contributed by atoms with Gasteiger partial charge in [0.2, 0.25) is 0 Å². The molecule has 0 heterocycles. The summed E-state index contributed by atoms with van der Waals surface area (Å²) in [7, 11) is 1.40. The Morgan fingerprint density at radius 2 is 2.00 bits per heavy atom. The summed E-state index contributed by atoms with van der Waals surface area (Å²) in [6, 6.07) is 5.74. The maximum Gasteiger partial charge on any atom is 0.338 e. The van der Waals surface area contributed by atoms with E-state index < -0.39 is 0 Å². The summed E-state index contributed by atoms with van der Waals surface area (Å²) in [5, 5.41) is 0.666. The van der Waals surface area contributed by atoms with Gasteiger partial charge in [0, 0.05) is 5.33 Å². The normalized spacial score (nSPS) is 8.87. The number of rotatable bonds is 2. The van der Waals surface area contributed by atoms with Crippen molar-refractivity contribution in [2.45, 2.75) is 26.1 Å². The number of carbonyl (C=O) groups is 1. The molecule has 0 aliphatic rings. The van der Waals surface area contributed by atoms with E-state index in [4.69, 9.17) is 4.74 Å². The molecule has 0 spiro atoms. The second-order valence-corrected chi connectivity index (χ2v) is 3.29. The maximum atomic E-state index is 11.4. The van der Waals surface area contributed by atoms with E-state index >= 15 is 0 Å². The van der Waals surface area contributed by atoms with Crippen LogP contribution in [0.15, 0.2) is 18.2 Å². The second kappa shape index (κ2) is 7.46. The van der Waals surface area contributed by atoms with Crippen molar-refractivity contribution in [1.29, 1.82) is 0 Å². The fraction of sp³-hybridized carbons (Fsp3) is 0.417. The molecule has 0 unspecified atom stereocenters. The average Bonchev–Trinajstić information content (AvgIpc) is 2.30. The third-order valence-corrected chi connectivity index (χ3v) is 2.50. The van der Waals surface area contributed by atoms with E-state index in [1.807, 2.05) is 39.0 Å². The van der Waals surface area contributed by atoms with Crippen molar-refractivity contribution in [3.8, 4) is 0 Å². The lowest BCUT2D eigenvalue weighted by Gasteiger charge is -2.07. The fourth-order valence-corrected chi connectivity index (χ4v) is 1.70. The largest absolute Gasteiger partial charge is 0.465 e. The number of hydrogen-bond acceptors (Lipinski definition) is 2. The van der Waals surface area contributed by atoms with Gasteiger partial charge in [-0.3, -0.25) is 0 Å². The molecule has 0 N–H and O–H groups in total. The molecule has 1 aromatic carbocycles.